The Labute approximate surface area is 86.7 Å². The standard InChI is InChI=1S/C11H10N2O2/c1-15-9-4-2-3-7-5-6-8(11(12)14)13-10(7)9/h2-6H,1H3,(H2,12,14). The number of nitrogens with two attached hydrogens (primary N) is 1. The van der Waals surface area contributed by atoms with Crippen LogP contribution in [0.25, 0.3) is 10.9 Å². The van der Waals surface area contributed by atoms with Gasteiger partial charge in [-0.3, -0.25) is 4.79 Å². The summed E-state index contributed by atoms with van der Waals surface area (Å²) in [6.07, 6.45) is 0. The molecule has 15 heavy (non-hydrogen) atoms. The fourth-order valence-electron chi connectivity index (χ4n) is 1.42. The summed E-state index contributed by atoms with van der Waals surface area (Å²) in [7, 11) is 1.56. The van der Waals surface area contributed by atoms with Gasteiger partial charge < -0.3 is 10.5 Å². The lowest BCUT2D eigenvalue weighted by molar-refractivity contribution is 0.0996. The third kappa shape index (κ3) is 1.61. The molecule has 76 valence electrons. The Kier molecular flexibility index (Phi) is 2.25. The van der Waals surface area contributed by atoms with Gasteiger partial charge in [0.25, 0.3) is 5.91 Å². The maximum Gasteiger partial charge on any atom is 0.267 e. The van der Waals surface area contributed by atoms with E-state index in [0.29, 0.717) is 11.3 Å². The Morgan fingerprint density at radius 2 is 2.13 bits per heavy atom. The van der Waals surface area contributed by atoms with E-state index in [4.69, 9.17) is 10.5 Å². The number of benzene rings is 1. The smallest absolute Gasteiger partial charge is 0.267 e. The summed E-state index contributed by atoms with van der Waals surface area (Å²) in [5.74, 6) is 0.0957. The summed E-state index contributed by atoms with van der Waals surface area (Å²) >= 11 is 0. The molecule has 0 spiro atoms. The molecule has 0 aliphatic carbocycles. The van der Waals surface area contributed by atoms with E-state index in [2.05, 4.69) is 4.98 Å². The average molecular weight is 202 g/mol. The van der Waals surface area contributed by atoms with Gasteiger partial charge in [0, 0.05) is 5.39 Å². The van der Waals surface area contributed by atoms with E-state index in [9.17, 15) is 4.79 Å². The summed E-state index contributed by atoms with van der Waals surface area (Å²) in [6, 6.07) is 8.96. The van der Waals surface area contributed by atoms with Gasteiger partial charge in [0.2, 0.25) is 0 Å². The van der Waals surface area contributed by atoms with Crippen molar-refractivity contribution in [2.24, 2.45) is 5.73 Å². The number of carbonyl (C=O) groups is 1. The Hall–Kier alpha value is -2.10. The minimum absolute atomic E-state index is 0.243. The first-order valence-electron chi connectivity index (χ1n) is 4.46. The summed E-state index contributed by atoms with van der Waals surface area (Å²) in [5, 5.41) is 0.916. The molecule has 0 saturated heterocycles. The topological polar surface area (TPSA) is 65.2 Å². The van der Waals surface area contributed by atoms with Crippen molar-refractivity contribution < 1.29 is 9.53 Å². The van der Waals surface area contributed by atoms with Gasteiger partial charge in [-0.2, -0.15) is 0 Å². The molecule has 1 heterocycles. The summed E-state index contributed by atoms with van der Waals surface area (Å²) < 4.78 is 5.15. The van der Waals surface area contributed by atoms with Gasteiger partial charge in [0.15, 0.2) is 0 Å². The minimum Gasteiger partial charge on any atom is -0.494 e. The van der Waals surface area contributed by atoms with Gasteiger partial charge in [-0.1, -0.05) is 18.2 Å². The zero-order valence-electron chi connectivity index (χ0n) is 8.23. The van der Waals surface area contributed by atoms with Gasteiger partial charge >= 0.3 is 0 Å². The fraction of sp³-hybridized carbons (Fsp3) is 0.0909. The molecule has 0 unspecified atom stereocenters. The van der Waals surface area contributed by atoms with Crippen molar-refractivity contribution in [3.63, 3.8) is 0 Å². The molecule has 1 amide bonds. The number of hydrogen-bond acceptors (Lipinski definition) is 3. The highest BCUT2D eigenvalue weighted by molar-refractivity contribution is 5.94. The van der Waals surface area contributed by atoms with Gasteiger partial charge in [-0.15, -0.1) is 0 Å². The predicted octanol–water partition coefficient (Wildman–Crippen LogP) is 1.34. The molecule has 0 aliphatic rings. The van der Waals surface area contributed by atoms with E-state index in [1.165, 1.54) is 0 Å². The molecule has 4 heteroatoms. The van der Waals surface area contributed by atoms with Crippen molar-refractivity contribution in [1.82, 2.24) is 4.98 Å². The number of pyridine rings is 1. The summed E-state index contributed by atoms with van der Waals surface area (Å²) in [5.41, 5.74) is 6.05. The minimum atomic E-state index is -0.539. The van der Waals surface area contributed by atoms with Crippen LogP contribution in [0.15, 0.2) is 30.3 Å². The van der Waals surface area contributed by atoms with E-state index >= 15 is 0 Å². The first-order chi connectivity index (χ1) is 7.22. The van der Waals surface area contributed by atoms with E-state index in [0.717, 1.165) is 5.39 Å². The molecule has 1 aromatic heterocycles. The Balaban J connectivity index is 2.72. The van der Waals surface area contributed by atoms with Crippen molar-refractivity contribution in [2.45, 2.75) is 0 Å². The van der Waals surface area contributed by atoms with Gasteiger partial charge in [0.05, 0.1) is 7.11 Å². The van der Waals surface area contributed by atoms with Crippen molar-refractivity contribution in [3.05, 3.63) is 36.0 Å². The predicted molar refractivity (Wildman–Crippen MR) is 56.8 cm³/mol. The van der Waals surface area contributed by atoms with Crippen molar-refractivity contribution in [3.8, 4) is 5.75 Å². The SMILES string of the molecule is COc1cccc2ccc(C(N)=O)nc12. The van der Waals surface area contributed by atoms with Crippen LogP contribution in [0.3, 0.4) is 0 Å². The normalized spacial score (nSPS) is 10.2. The van der Waals surface area contributed by atoms with Gasteiger partial charge in [0.1, 0.15) is 17.0 Å². The second kappa shape index (κ2) is 3.57. The molecule has 0 bridgehead atoms. The van der Waals surface area contributed by atoms with Gasteiger partial charge in [-0.25, -0.2) is 4.98 Å². The molecule has 1 aromatic carbocycles. The van der Waals surface area contributed by atoms with Crippen LogP contribution in [0.5, 0.6) is 5.75 Å². The Bertz CT molecular complexity index is 523. The van der Waals surface area contributed by atoms with Crippen LogP contribution in [0.4, 0.5) is 0 Å². The summed E-state index contributed by atoms with van der Waals surface area (Å²) in [4.78, 5) is 15.1. The van der Waals surface area contributed by atoms with Crippen LogP contribution >= 0.6 is 0 Å². The van der Waals surface area contributed by atoms with E-state index in [1.807, 2.05) is 12.1 Å². The highest BCUT2D eigenvalue weighted by Crippen LogP contribution is 2.23. The molecule has 2 aromatic rings. The third-order valence-corrected chi connectivity index (χ3v) is 2.16. The number of amides is 1. The highest BCUT2D eigenvalue weighted by Gasteiger charge is 2.06. The molecular formula is C11H10N2O2. The maximum atomic E-state index is 11.0. The van der Waals surface area contributed by atoms with Crippen LogP contribution in [0.1, 0.15) is 10.5 Å². The quantitative estimate of drug-likeness (QED) is 0.799. The van der Waals surface area contributed by atoms with E-state index in [1.54, 1.807) is 25.3 Å². The number of ether oxygens (including phenoxy) is 1. The zero-order chi connectivity index (χ0) is 10.8. The van der Waals surface area contributed by atoms with Crippen molar-refractivity contribution >= 4 is 16.8 Å². The maximum absolute atomic E-state index is 11.0. The number of rotatable bonds is 2. The first-order valence-corrected chi connectivity index (χ1v) is 4.46. The third-order valence-electron chi connectivity index (χ3n) is 2.16. The number of primary amides is 1. The van der Waals surface area contributed by atoms with Crippen LogP contribution < -0.4 is 10.5 Å². The summed E-state index contributed by atoms with van der Waals surface area (Å²) in [6.45, 7) is 0. The van der Waals surface area contributed by atoms with Crippen LogP contribution in [-0.4, -0.2) is 18.0 Å². The van der Waals surface area contributed by atoms with Crippen molar-refractivity contribution in [2.75, 3.05) is 7.11 Å². The van der Waals surface area contributed by atoms with Crippen molar-refractivity contribution in [1.29, 1.82) is 0 Å². The molecule has 0 saturated carbocycles. The molecule has 0 atom stereocenters. The average Bonchev–Trinajstić information content (AvgIpc) is 2.27. The molecule has 0 radical (unpaired) electrons. The number of carbonyl (C=O) groups excluding carboxylic acids is 1. The molecule has 0 fully saturated rings. The Morgan fingerprint density at radius 1 is 1.33 bits per heavy atom. The number of para-hydroxylation sites is 1. The first kappa shape index (κ1) is 9.45. The van der Waals surface area contributed by atoms with Gasteiger partial charge in [-0.05, 0) is 12.1 Å². The molecule has 4 nitrogen and oxygen atoms in total. The molecule has 2 rings (SSSR count). The van der Waals surface area contributed by atoms with Crippen LogP contribution in [-0.2, 0) is 0 Å². The number of aromatic nitrogens is 1. The molecule has 0 aliphatic heterocycles. The van der Waals surface area contributed by atoms with Crippen LogP contribution in [0, 0.1) is 0 Å². The number of fused-ring (bicyclic) bond motifs is 1. The largest absolute Gasteiger partial charge is 0.494 e. The second-order valence-corrected chi connectivity index (χ2v) is 3.09. The lowest BCUT2D eigenvalue weighted by atomic mass is 10.2. The monoisotopic (exact) mass is 202 g/mol. The van der Waals surface area contributed by atoms with E-state index in [-0.39, 0.29) is 5.69 Å². The zero-order valence-corrected chi connectivity index (χ0v) is 8.23. The lowest BCUT2D eigenvalue weighted by Gasteiger charge is -2.04. The van der Waals surface area contributed by atoms with E-state index < -0.39 is 5.91 Å². The number of methoxy groups -OCH3 is 1. The Morgan fingerprint density at radius 3 is 2.80 bits per heavy atom. The lowest BCUT2D eigenvalue weighted by Crippen LogP contribution is -2.12. The molecular weight excluding hydrogens is 192 g/mol. The van der Waals surface area contributed by atoms with Crippen LogP contribution in [0.2, 0.25) is 0 Å². The number of hydrogen-bond donors (Lipinski definition) is 1. The molecule has 2 N–H and O–H groups in total. The highest BCUT2D eigenvalue weighted by atomic mass is 16.5. The number of nitrogens with zero attached hydrogens (tertiary/aromatic N) is 1. The second-order valence-electron chi connectivity index (χ2n) is 3.09. The fourth-order valence-corrected chi connectivity index (χ4v) is 1.42.